The van der Waals surface area contributed by atoms with Crippen LogP contribution < -0.4 is 0 Å². The zero-order valence-corrected chi connectivity index (χ0v) is 16.3. The van der Waals surface area contributed by atoms with Crippen molar-refractivity contribution in [3.8, 4) is 0 Å². The number of allylic oxidation sites excluding steroid dienone is 3. The molecule has 0 aromatic rings. The van der Waals surface area contributed by atoms with Crippen molar-refractivity contribution in [3.05, 3.63) is 23.3 Å². The quantitative estimate of drug-likeness (QED) is 0.243. The molecule has 4 nitrogen and oxygen atoms in total. The topological polar surface area (TPSA) is 63.6 Å². The smallest absolute Gasteiger partial charge is 0.305 e. The van der Waals surface area contributed by atoms with E-state index in [9.17, 15) is 14.7 Å². The number of hydrogen-bond donors (Lipinski definition) is 1. The van der Waals surface area contributed by atoms with Crippen LogP contribution >= 0.6 is 15.9 Å². The third-order valence-electron chi connectivity index (χ3n) is 4.35. The summed E-state index contributed by atoms with van der Waals surface area (Å²) < 4.78 is 4.61. The van der Waals surface area contributed by atoms with E-state index in [1.165, 1.54) is 7.11 Å². The van der Waals surface area contributed by atoms with Gasteiger partial charge in [-0.1, -0.05) is 54.3 Å². The van der Waals surface area contributed by atoms with Crippen molar-refractivity contribution >= 4 is 27.7 Å². The molecule has 0 bridgehead atoms. The number of carbonyl (C=O) groups excluding carboxylic acids is 2. The van der Waals surface area contributed by atoms with Gasteiger partial charge in [-0.05, 0) is 37.7 Å². The number of unbranched alkanes of at least 4 members (excludes halogenated alkanes) is 4. The number of alkyl halides is 1. The van der Waals surface area contributed by atoms with Gasteiger partial charge in [-0.2, -0.15) is 0 Å². The van der Waals surface area contributed by atoms with Gasteiger partial charge in [-0.15, -0.1) is 0 Å². The van der Waals surface area contributed by atoms with Crippen molar-refractivity contribution in [2.75, 3.05) is 7.11 Å². The molecule has 5 heteroatoms. The summed E-state index contributed by atoms with van der Waals surface area (Å²) in [6.07, 6.45) is 11.1. The number of rotatable bonds is 11. The van der Waals surface area contributed by atoms with Gasteiger partial charge in [-0.3, -0.25) is 9.59 Å². The van der Waals surface area contributed by atoms with E-state index in [1.54, 1.807) is 0 Å². The SMILES string of the molecule is CC/C=C\CC1=C(CCCCCCCC(=O)OC)[C@H](O)[C@@H](Br)C1=O. The van der Waals surface area contributed by atoms with Gasteiger partial charge in [0.1, 0.15) is 4.83 Å². The minimum Gasteiger partial charge on any atom is -0.469 e. The maximum absolute atomic E-state index is 12.2. The highest BCUT2D eigenvalue weighted by atomic mass is 79.9. The van der Waals surface area contributed by atoms with E-state index in [0.29, 0.717) is 12.8 Å². The molecule has 136 valence electrons. The fourth-order valence-electron chi connectivity index (χ4n) is 2.94. The molecule has 0 saturated carbocycles. The Balaban J connectivity index is 2.40. The minimum atomic E-state index is -0.693. The molecule has 0 aromatic heterocycles. The zero-order valence-electron chi connectivity index (χ0n) is 14.7. The van der Waals surface area contributed by atoms with Crippen LogP contribution in [0.3, 0.4) is 0 Å². The van der Waals surface area contributed by atoms with E-state index in [-0.39, 0.29) is 11.8 Å². The lowest BCUT2D eigenvalue weighted by molar-refractivity contribution is -0.140. The van der Waals surface area contributed by atoms with Crippen molar-refractivity contribution in [3.63, 3.8) is 0 Å². The van der Waals surface area contributed by atoms with Crippen LogP contribution in [-0.4, -0.2) is 34.9 Å². The monoisotopic (exact) mass is 400 g/mol. The molecule has 1 aliphatic carbocycles. The van der Waals surface area contributed by atoms with E-state index in [2.05, 4.69) is 27.6 Å². The predicted molar refractivity (Wildman–Crippen MR) is 99.1 cm³/mol. The van der Waals surface area contributed by atoms with Crippen LogP contribution in [0.15, 0.2) is 23.3 Å². The number of ketones is 1. The average molecular weight is 401 g/mol. The van der Waals surface area contributed by atoms with Gasteiger partial charge in [0, 0.05) is 12.0 Å². The summed E-state index contributed by atoms with van der Waals surface area (Å²) in [6, 6.07) is 0. The molecule has 1 aliphatic rings. The minimum absolute atomic E-state index is 0.0244. The molecule has 0 aromatic carbocycles. The first-order valence-electron chi connectivity index (χ1n) is 8.83. The molecule has 24 heavy (non-hydrogen) atoms. The van der Waals surface area contributed by atoms with E-state index in [1.807, 2.05) is 12.2 Å². The van der Waals surface area contributed by atoms with Crippen LogP contribution in [0.5, 0.6) is 0 Å². The van der Waals surface area contributed by atoms with Gasteiger partial charge >= 0.3 is 5.97 Å². The van der Waals surface area contributed by atoms with Crippen molar-refractivity contribution in [1.29, 1.82) is 0 Å². The molecule has 0 radical (unpaired) electrons. The summed E-state index contributed by atoms with van der Waals surface area (Å²) >= 11 is 3.31. The molecule has 0 aliphatic heterocycles. The van der Waals surface area contributed by atoms with Crippen LogP contribution in [-0.2, 0) is 14.3 Å². The fourth-order valence-corrected chi connectivity index (χ4v) is 3.53. The summed E-state index contributed by atoms with van der Waals surface area (Å²) in [5.41, 5.74) is 1.68. The predicted octanol–water partition coefficient (Wildman–Crippen LogP) is 4.25. The Morgan fingerprint density at radius 1 is 1.21 bits per heavy atom. The second-order valence-corrected chi connectivity index (χ2v) is 7.13. The Hall–Kier alpha value is -0.940. The first-order chi connectivity index (χ1) is 11.5. The summed E-state index contributed by atoms with van der Waals surface area (Å²) in [5, 5.41) is 10.3. The lowest BCUT2D eigenvalue weighted by atomic mass is 9.99. The molecule has 1 N–H and O–H groups in total. The van der Waals surface area contributed by atoms with Crippen molar-refractivity contribution in [2.24, 2.45) is 0 Å². The summed E-state index contributed by atoms with van der Waals surface area (Å²) in [7, 11) is 1.41. The molecular weight excluding hydrogens is 372 g/mol. The number of esters is 1. The molecular formula is C19H29BrO4. The van der Waals surface area contributed by atoms with E-state index >= 15 is 0 Å². The number of aliphatic hydroxyl groups is 1. The molecule has 2 atom stereocenters. The first kappa shape index (κ1) is 21.1. The van der Waals surface area contributed by atoms with E-state index in [0.717, 1.165) is 56.1 Å². The summed E-state index contributed by atoms with van der Waals surface area (Å²) in [5.74, 6) is -0.128. The number of carbonyl (C=O) groups is 2. The standard InChI is InChI=1S/C19H29BrO4/c1-3-4-8-11-14-15(19(23)17(20)18(14)22)12-9-6-5-7-10-13-16(21)24-2/h4,8,17,19,23H,3,5-7,9-13H2,1-2H3/b8-4-/t17-,19-/m0/s1. The molecule has 0 unspecified atom stereocenters. The van der Waals surface area contributed by atoms with Crippen LogP contribution in [0, 0.1) is 0 Å². The van der Waals surface area contributed by atoms with E-state index < -0.39 is 10.9 Å². The Labute approximate surface area is 153 Å². The largest absolute Gasteiger partial charge is 0.469 e. The lowest BCUT2D eigenvalue weighted by Gasteiger charge is -2.11. The van der Waals surface area contributed by atoms with Gasteiger partial charge in [0.25, 0.3) is 0 Å². The Morgan fingerprint density at radius 2 is 1.88 bits per heavy atom. The zero-order chi connectivity index (χ0) is 17.9. The number of aliphatic hydroxyl groups excluding tert-OH is 1. The van der Waals surface area contributed by atoms with Gasteiger partial charge in [0.15, 0.2) is 5.78 Å². The van der Waals surface area contributed by atoms with Crippen molar-refractivity contribution < 1.29 is 19.4 Å². The third kappa shape index (κ3) is 6.52. The molecule has 1 rings (SSSR count). The maximum Gasteiger partial charge on any atom is 0.305 e. The Morgan fingerprint density at radius 3 is 2.54 bits per heavy atom. The Bertz CT molecular complexity index is 482. The Kier molecular flexibility index (Phi) is 10.2. The summed E-state index contributed by atoms with van der Waals surface area (Å²) in [6.45, 7) is 2.06. The van der Waals surface area contributed by atoms with Gasteiger partial charge in [0.05, 0.1) is 13.2 Å². The maximum atomic E-state index is 12.2. The highest BCUT2D eigenvalue weighted by Gasteiger charge is 2.37. The van der Waals surface area contributed by atoms with Crippen molar-refractivity contribution in [2.45, 2.75) is 75.6 Å². The van der Waals surface area contributed by atoms with Crippen LogP contribution in [0.25, 0.3) is 0 Å². The van der Waals surface area contributed by atoms with Crippen LogP contribution in [0.4, 0.5) is 0 Å². The van der Waals surface area contributed by atoms with Gasteiger partial charge in [-0.25, -0.2) is 0 Å². The first-order valence-corrected chi connectivity index (χ1v) is 9.74. The van der Waals surface area contributed by atoms with Gasteiger partial charge < -0.3 is 9.84 Å². The lowest BCUT2D eigenvalue weighted by Crippen LogP contribution is -2.22. The van der Waals surface area contributed by atoms with E-state index in [4.69, 9.17) is 0 Å². The van der Waals surface area contributed by atoms with Crippen LogP contribution in [0.1, 0.15) is 64.7 Å². The number of ether oxygens (including phenoxy) is 1. The number of hydrogen-bond acceptors (Lipinski definition) is 4. The fraction of sp³-hybridized carbons (Fsp3) is 0.684. The molecule has 0 saturated heterocycles. The molecule has 0 fully saturated rings. The van der Waals surface area contributed by atoms with Gasteiger partial charge in [0.2, 0.25) is 0 Å². The number of halogens is 1. The molecule has 0 spiro atoms. The highest BCUT2D eigenvalue weighted by molar-refractivity contribution is 9.10. The number of methoxy groups -OCH3 is 1. The molecule has 0 amide bonds. The second-order valence-electron chi connectivity index (χ2n) is 6.14. The van der Waals surface area contributed by atoms with Crippen LogP contribution in [0.2, 0.25) is 0 Å². The second kappa shape index (κ2) is 11.6. The van der Waals surface area contributed by atoms with Crippen molar-refractivity contribution in [1.82, 2.24) is 0 Å². The molecule has 0 heterocycles. The summed E-state index contributed by atoms with van der Waals surface area (Å²) in [4.78, 5) is 22.8. The average Bonchev–Trinajstić information content (AvgIpc) is 2.78. The number of Topliss-reactive ketones (excluding diaryl/α,β-unsaturated/α-hetero) is 1. The normalized spacial score (nSPS) is 21.1. The third-order valence-corrected chi connectivity index (χ3v) is 5.27. The highest BCUT2D eigenvalue weighted by Crippen LogP contribution is 2.34.